The van der Waals surface area contributed by atoms with Crippen molar-refractivity contribution < 1.29 is 0 Å². The Balaban J connectivity index is 2.69. The van der Waals surface area contributed by atoms with Crippen molar-refractivity contribution in [1.29, 1.82) is 0 Å². The first-order valence-electron chi connectivity index (χ1n) is 3.32. The van der Waals surface area contributed by atoms with E-state index in [0.29, 0.717) is 0 Å². The van der Waals surface area contributed by atoms with Gasteiger partial charge in [-0.1, -0.05) is 6.58 Å². The first-order valence-corrected chi connectivity index (χ1v) is 4.93. The van der Waals surface area contributed by atoms with Crippen molar-refractivity contribution in [3.05, 3.63) is 27.4 Å². The molecule has 0 aromatic carbocycles. The minimum absolute atomic E-state index is 0.854. The van der Waals surface area contributed by atoms with Gasteiger partial charge in [0.25, 0.3) is 0 Å². The van der Waals surface area contributed by atoms with Crippen LogP contribution in [0, 0.1) is 0 Å². The second-order valence-electron chi connectivity index (χ2n) is 2.24. The third kappa shape index (κ3) is 2.43. The third-order valence-electron chi connectivity index (χ3n) is 1.31. The molecule has 1 heterocycles. The third-order valence-corrected chi connectivity index (χ3v) is 3.04. The summed E-state index contributed by atoms with van der Waals surface area (Å²) < 4.78 is 1.16. The van der Waals surface area contributed by atoms with Crippen LogP contribution < -0.4 is 5.32 Å². The number of thiophene rings is 1. The van der Waals surface area contributed by atoms with Crippen LogP contribution in [-0.2, 0) is 0 Å². The molecule has 0 fully saturated rings. The van der Waals surface area contributed by atoms with Gasteiger partial charge < -0.3 is 5.32 Å². The van der Waals surface area contributed by atoms with Gasteiger partial charge in [-0.15, -0.1) is 11.3 Å². The smallest absolute Gasteiger partial charge is 0.0704 e. The first-order chi connectivity index (χ1) is 5.24. The Kier molecular flexibility index (Phi) is 3.30. The SMILES string of the molecule is C=C(CNC)c1ccc(Br)s1. The molecule has 1 aromatic rings. The number of rotatable bonds is 3. The summed E-state index contributed by atoms with van der Waals surface area (Å²) in [6.07, 6.45) is 0. The topological polar surface area (TPSA) is 12.0 Å². The van der Waals surface area contributed by atoms with E-state index in [-0.39, 0.29) is 0 Å². The van der Waals surface area contributed by atoms with Crippen molar-refractivity contribution >= 4 is 32.8 Å². The minimum Gasteiger partial charge on any atom is -0.316 e. The van der Waals surface area contributed by atoms with Gasteiger partial charge in [-0.05, 0) is 40.7 Å². The lowest BCUT2D eigenvalue weighted by atomic mass is 10.2. The highest BCUT2D eigenvalue weighted by molar-refractivity contribution is 9.11. The molecule has 60 valence electrons. The highest BCUT2D eigenvalue weighted by Gasteiger charge is 1.99. The van der Waals surface area contributed by atoms with Crippen LogP contribution in [0.25, 0.3) is 5.57 Å². The van der Waals surface area contributed by atoms with Crippen LogP contribution >= 0.6 is 27.3 Å². The predicted molar refractivity (Wildman–Crippen MR) is 55.0 cm³/mol. The molecule has 0 aliphatic heterocycles. The van der Waals surface area contributed by atoms with Crippen molar-refractivity contribution in [3.8, 4) is 0 Å². The van der Waals surface area contributed by atoms with E-state index in [2.05, 4.69) is 33.9 Å². The van der Waals surface area contributed by atoms with Crippen molar-refractivity contribution in [2.24, 2.45) is 0 Å². The molecule has 0 unspecified atom stereocenters. The summed E-state index contributed by atoms with van der Waals surface area (Å²) in [5, 5.41) is 3.07. The second kappa shape index (κ2) is 4.04. The van der Waals surface area contributed by atoms with Crippen LogP contribution in [0.5, 0.6) is 0 Å². The molecule has 1 aromatic heterocycles. The lowest BCUT2D eigenvalue weighted by Gasteiger charge is -1.99. The molecule has 0 spiro atoms. The van der Waals surface area contributed by atoms with Gasteiger partial charge in [0, 0.05) is 11.4 Å². The fourth-order valence-electron chi connectivity index (χ4n) is 0.805. The van der Waals surface area contributed by atoms with Gasteiger partial charge in [-0.2, -0.15) is 0 Å². The van der Waals surface area contributed by atoms with Crippen LogP contribution in [0.3, 0.4) is 0 Å². The highest BCUT2D eigenvalue weighted by atomic mass is 79.9. The maximum Gasteiger partial charge on any atom is 0.0704 e. The monoisotopic (exact) mass is 231 g/mol. The minimum atomic E-state index is 0.854. The normalized spacial score (nSPS) is 10.0. The average Bonchev–Trinajstić information content (AvgIpc) is 2.36. The van der Waals surface area contributed by atoms with Crippen molar-refractivity contribution in [3.63, 3.8) is 0 Å². The molecule has 0 bridgehead atoms. The molecular weight excluding hydrogens is 222 g/mol. The Hall–Kier alpha value is -0.120. The van der Waals surface area contributed by atoms with Crippen LogP contribution in [-0.4, -0.2) is 13.6 Å². The number of likely N-dealkylation sites (N-methyl/N-ethyl adjacent to an activating group) is 1. The van der Waals surface area contributed by atoms with E-state index in [4.69, 9.17) is 0 Å². The fourth-order valence-corrected chi connectivity index (χ4v) is 2.16. The summed E-state index contributed by atoms with van der Waals surface area (Å²) in [7, 11) is 1.92. The first kappa shape index (κ1) is 8.97. The van der Waals surface area contributed by atoms with Gasteiger partial charge in [0.1, 0.15) is 0 Å². The van der Waals surface area contributed by atoms with Crippen LogP contribution in [0.4, 0.5) is 0 Å². The Labute approximate surface area is 79.3 Å². The van der Waals surface area contributed by atoms with Gasteiger partial charge >= 0.3 is 0 Å². The van der Waals surface area contributed by atoms with Crippen molar-refractivity contribution in [2.75, 3.05) is 13.6 Å². The fraction of sp³-hybridized carbons (Fsp3) is 0.250. The van der Waals surface area contributed by atoms with Gasteiger partial charge in [0.2, 0.25) is 0 Å². The summed E-state index contributed by atoms with van der Waals surface area (Å²) in [6.45, 7) is 4.81. The van der Waals surface area contributed by atoms with E-state index >= 15 is 0 Å². The zero-order chi connectivity index (χ0) is 8.27. The molecule has 0 atom stereocenters. The summed E-state index contributed by atoms with van der Waals surface area (Å²) in [6, 6.07) is 4.12. The predicted octanol–water partition coefficient (Wildman–Crippen LogP) is 2.74. The van der Waals surface area contributed by atoms with E-state index < -0.39 is 0 Å². The van der Waals surface area contributed by atoms with Gasteiger partial charge in [0.05, 0.1) is 3.79 Å². The standard InChI is InChI=1S/C8H10BrNS/c1-6(5-10-2)7-3-4-8(9)11-7/h3-4,10H,1,5H2,2H3. The van der Waals surface area contributed by atoms with Crippen LogP contribution in [0.1, 0.15) is 4.88 Å². The summed E-state index contributed by atoms with van der Waals surface area (Å²) in [5.41, 5.74) is 1.14. The summed E-state index contributed by atoms with van der Waals surface area (Å²) >= 11 is 5.12. The maximum atomic E-state index is 3.96. The lowest BCUT2D eigenvalue weighted by Crippen LogP contribution is -2.07. The largest absolute Gasteiger partial charge is 0.316 e. The molecule has 0 saturated heterocycles. The Morgan fingerprint density at radius 2 is 2.45 bits per heavy atom. The molecule has 0 aliphatic carbocycles. The molecule has 0 amide bonds. The van der Waals surface area contributed by atoms with Gasteiger partial charge in [-0.3, -0.25) is 0 Å². The Morgan fingerprint density at radius 1 is 1.73 bits per heavy atom. The number of hydrogen-bond acceptors (Lipinski definition) is 2. The molecule has 1 N–H and O–H groups in total. The van der Waals surface area contributed by atoms with Crippen LogP contribution in [0.15, 0.2) is 22.5 Å². The van der Waals surface area contributed by atoms with E-state index in [1.54, 1.807) is 11.3 Å². The second-order valence-corrected chi connectivity index (χ2v) is 4.70. The summed E-state index contributed by atoms with van der Waals surface area (Å²) in [5.74, 6) is 0. The average molecular weight is 232 g/mol. The van der Waals surface area contributed by atoms with Crippen molar-refractivity contribution in [2.45, 2.75) is 0 Å². The van der Waals surface area contributed by atoms with Gasteiger partial charge in [-0.25, -0.2) is 0 Å². The molecule has 0 radical (unpaired) electrons. The highest BCUT2D eigenvalue weighted by Crippen LogP contribution is 2.26. The zero-order valence-electron chi connectivity index (χ0n) is 6.36. The molecular formula is C8H10BrNS. The van der Waals surface area contributed by atoms with E-state index in [9.17, 15) is 0 Å². The van der Waals surface area contributed by atoms with Crippen molar-refractivity contribution in [1.82, 2.24) is 5.32 Å². The molecule has 11 heavy (non-hydrogen) atoms. The molecule has 0 saturated carbocycles. The number of hydrogen-bond donors (Lipinski definition) is 1. The zero-order valence-corrected chi connectivity index (χ0v) is 8.76. The van der Waals surface area contributed by atoms with E-state index in [0.717, 1.165) is 15.9 Å². The van der Waals surface area contributed by atoms with Crippen LogP contribution in [0.2, 0.25) is 0 Å². The number of nitrogens with one attached hydrogen (secondary N) is 1. The lowest BCUT2D eigenvalue weighted by molar-refractivity contribution is 0.934. The van der Waals surface area contributed by atoms with Gasteiger partial charge in [0.15, 0.2) is 0 Å². The molecule has 1 rings (SSSR count). The number of halogens is 1. The van der Waals surface area contributed by atoms with E-state index in [1.165, 1.54) is 4.88 Å². The molecule has 1 nitrogen and oxygen atoms in total. The summed E-state index contributed by atoms with van der Waals surface area (Å²) in [4.78, 5) is 1.24. The van der Waals surface area contributed by atoms with E-state index in [1.807, 2.05) is 13.1 Å². The quantitative estimate of drug-likeness (QED) is 0.844. The molecule has 0 aliphatic rings. The molecule has 3 heteroatoms. The maximum absolute atomic E-state index is 3.96. The Morgan fingerprint density at radius 3 is 2.91 bits per heavy atom. The Bertz CT molecular complexity index is 254.